The minimum absolute atomic E-state index is 0.00290. The average Bonchev–Trinajstić information content (AvgIpc) is 3.55. The molecule has 5 N–H and O–H groups in total. The molecular formula is C37H41N5O5. The van der Waals surface area contributed by atoms with Gasteiger partial charge in [0.2, 0.25) is 5.91 Å². The zero-order valence-electron chi connectivity index (χ0n) is 26.6. The van der Waals surface area contributed by atoms with Crippen LogP contribution in [-0.4, -0.2) is 66.9 Å². The standard InChI is InChI=1S/C36H39N5O3.CH2O2/c1-37-34(33(25-12-5-3-6-13-25)26-14-7-4-8-15-26)36(42)41-29-16-10-9-11-24(29)17-18-28-22-38-32(23-44-28)35-39-30-20-19-27(43-2)21-31(30)40-35;2-1-3/h3-16,19-21,28,32-34,37-38H,17-18,22-23H2,1-2H3,(H,39,40)(H,41,42);1H,(H,2,3)/t28-,32+,34?;/m1./s1. The van der Waals surface area contributed by atoms with Crippen molar-refractivity contribution < 1.29 is 24.2 Å². The Morgan fingerprint density at radius 1 is 1.02 bits per heavy atom. The molecule has 1 aromatic heterocycles. The van der Waals surface area contributed by atoms with Gasteiger partial charge in [0.25, 0.3) is 6.47 Å². The molecular weight excluding hydrogens is 594 g/mol. The smallest absolute Gasteiger partial charge is 0.290 e. The van der Waals surface area contributed by atoms with E-state index in [0.29, 0.717) is 6.61 Å². The predicted molar refractivity (Wildman–Crippen MR) is 183 cm³/mol. The number of nitrogens with one attached hydrogen (secondary N) is 4. The van der Waals surface area contributed by atoms with Crippen LogP contribution < -0.4 is 20.7 Å². The Balaban J connectivity index is 0.00000139. The highest BCUT2D eigenvalue weighted by molar-refractivity contribution is 5.96. The van der Waals surface area contributed by atoms with Gasteiger partial charge in [-0.1, -0.05) is 78.9 Å². The van der Waals surface area contributed by atoms with Crippen LogP contribution in [0.15, 0.2) is 103 Å². The Bertz CT molecular complexity index is 1680. The molecule has 47 heavy (non-hydrogen) atoms. The summed E-state index contributed by atoms with van der Waals surface area (Å²) in [6, 6.07) is 33.8. The number of methoxy groups -OCH3 is 1. The maximum Gasteiger partial charge on any atom is 0.290 e. The lowest BCUT2D eigenvalue weighted by molar-refractivity contribution is -0.123. The van der Waals surface area contributed by atoms with E-state index < -0.39 is 6.04 Å². The number of morpholine rings is 1. The third kappa shape index (κ3) is 8.42. The number of carbonyl (C=O) groups excluding carboxylic acids is 1. The van der Waals surface area contributed by atoms with Gasteiger partial charge < -0.3 is 35.5 Å². The monoisotopic (exact) mass is 635 g/mol. The number of likely N-dealkylation sites (N-methyl/N-ethyl adjacent to an activating group) is 1. The number of aryl methyl sites for hydroxylation is 1. The van der Waals surface area contributed by atoms with Gasteiger partial charge in [0.15, 0.2) is 0 Å². The lowest BCUT2D eigenvalue weighted by Crippen LogP contribution is -2.43. The molecule has 5 aromatic rings. The topological polar surface area (TPSA) is 138 Å². The summed E-state index contributed by atoms with van der Waals surface area (Å²) in [4.78, 5) is 30.3. The molecule has 0 aliphatic carbocycles. The number of para-hydroxylation sites is 1. The Morgan fingerprint density at radius 2 is 1.68 bits per heavy atom. The minimum Gasteiger partial charge on any atom is -0.497 e. The first-order valence-corrected chi connectivity index (χ1v) is 15.7. The molecule has 1 fully saturated rings. The molecule has 1 aliphatic heterocycles. The van der Waals surface area contributed by atoms with Crippen LogP contribution in [0.1, 0.15) is 40.9 Å². The molecule has 1 unspecified atom stereocenters. The van der Waals surface area contributed by atoms with E-state index in [0.717, 1.165) is 64.4 Å². The number of anilines is 1. The molecule has 2 heterocycles. The number of hydrogen-bond donors (Lipinski definition) is 5. The lowest BCUT2D eigenvalue weighted by Gasteiger charge is -2.30. The van der Waals surface area contributed by atoms with Crippen LogP contribution in [0.5, 0.6) is 5.75 Å². The molecule has 1 amide bonds. The Labute approximate surface area is 274 Å². The molecule has 244 valence electrons. The summed E-state index contributed by atoms with van der Waals surface area (Å²) >= 11 is 0. The normalized spacial score (nSPS) is 16.6. The molecule has 4 aromatic carbocycles. The van der Waals surface area contributed by atoms with Gasteiger partial charge in [0.1, 0.15) is 11.6 Å². The summed E-state index contributed by atoms with van der Waals surface area (Å²) in [6.07, 6.45) is 1.67. The first kappa shape index (κ1) is 33.3. The molecule has 1 aliphatic rings. The van der Waals surface area contributed by atoms with Crippen LogP contribution >= 0.6 is 0 Å². The summed E-state index contributed by atoms with van der Waals surface area (Å²) in [7, 11) is 3.51. The summed E-state index contributed by atoms with van der Waals surface area (Å²) < 4.78 is 11.6. The van der Waals surface area contributed by atoms with E-state index in [4.69, 9.17) is 24.4 Å². The highest BCUT2D eigenvalue weighted by atomic mass is 16.5. The fourth-order valence-electron chi connectivity index (χ4n) is 6.02. The number of fused-ring (bicyclic) bond motifs is 1. The first-order chi connectivity index (χ1) is 23.0. The molecule has 0 radical (unpaired) electrons. The van der Waals surface area contributed by atoms with Crippen molar-refractivity contribution in [3.8, 4) is 5.75 Å². The number of benzene rings is 4. The fraction of sp³-hybridized carbons (Fsp3) is 0.270. The van der Waals surface area contributed by atoms with Gasteiger partial charge >= 0.3 is 0 Å². The van der Waals surface area contributed by atoms with Gasteiger partial charge in [-0.15, -0.1) is 0 Å². The third-order valence-electron chi connectivity index (χ3n) is 8.38. The molecule has 10 heteroatoms. The van der Waals surface area contributed by atoms with Crippen molar-refractivity contribution >= 4 is 29.1 Å². The van der Waals surface area contributed by atoms with Gasteiger partial charge in [0.05, 0.1) is 42.9 Å². The Morgan fingerprint density at radius 3 is 2.30 bits per heavy atom. The molecule has 1 saturated heterocycles. The van der Waals surface area contributed by atoms with Crippen molar-refractivity contribution in [2.24, 2.45) is 0 Å². The van der Waals surface area contributed by atoms with Gasteiger partial charge in [0, 0.05) is 24.2 Å². The number of H-pyrrole nitrogens is 1. The number of carboxylic acid groups (broad SMARTS) is 1. The second kappa shape index (κ2) is 16.5. The number of nitrogens with zero attached hydrogens (tertiary/aromatic N) is 1. The van der Waals surface area contributed by atoms with Crippen LogP contribution in [0.25, 0.3) is 11.0 Å². The number of rotatable bonds is 11. The molecule has 6 rings (SSSR count). The summed E-state index contributed by atoms with van der Waals surface area (Å²) in [5.41, 5.74) is 5.94. The van der Waals surface area contributed by atoms with Crippen molar-refractivity contribution in [3.05, 3.63) is 126 Å². The van der Waals surface area contributed by atoms with E-state index >= 15 is 0 Å². The first-order valence-electron chi connectivity index (χ1n) is 15.7. The zero-order chi connectivity index (χ0) is 33.0. The highest BCUT2D eigenvalue weighted by Crippen LogP contribution is 2.30. The maximum atomic E-state index is 13.8. The number of carbonyl (C=O) groups is 2. The Kier molecular flexibility index (Phi) is 11.7. The molecule has 3 atom stereocenters. The number of aromatic nitrogens is 2. The minimum atomic E-state index is -0.463. The number of imidazole rings is 1. The van der Waals surface area contributed by atoms with Crippen molar-refractivity contribution in [2.75, 3.05) is 32.6 Å². The number of ether oxygens (including phenoxy) is 2. The predicted octanol–water partition coefficient (Wildman–Crippen LogP) is 5.29. The van der Waals surface area contributed by atoms with Gasteiger partial charge in [-0.05, 0) is 54.8 Å². The van der Waals surface area contributed by atoms with Gasteiger partial charge in [-0.25, -0.2) is 4.98 Å². The van der Waals surface area contributed by atoms with E-state index in [1.165, 1.54) is 0 Å². The largest absolute Gasteiger partial charge is 0.497 e. The summed E-state index contributed by atoms with van der Waals surface area (Å²) in [6.45, 7) is 1.00. The SMILES string of the molecule is CNC(C(=O)Nc1ccccc1CC[C@@H]1CN[C@H](c2nc3ccc(OC)cc3[nH]2)CO1)C(c1ccccc1)c1ccccc1.O=CO. The zero-order valence-corrected chi connectivity index (χ0v) is 26.6. The number of hydrogen-bond acceptors (Lipinski definition) is 7. The molecule has 0 bridgehead atoms. The average molecular weight is 636 g/mol. The third-order valence-corrected chi connectivity index (χ3v) is 8.38. The van der Waals surface area contributed by atoms with Crippen molar-refractivity contribution in [2.45, 2.75) is 36.9 Å². The number of amides is 1. The highest BCUT2D eigenvalue weighted by Gasteiger charge is 2.30. The quantitative estimate of drug-likeness (QED) is 0.124. The van der Waals surface area contributed by atoms with E-state index in [9.17, 15) is 4.79 Å². The van der Waals surface area contributed by atoms with E-state index in [-0.39, 0.29) is 30.4 Å². The van der Waals surface area contributed by atoms with E-state index in [1.54, 1.807) is 7.11 Å². The van der Waals surface area contributed by atoms with Gasteiger partial charge in [-0.2, -0.15) is 0 Å². The van der Waals surface area contributed by atoms with Crippen molar-refractivity contribution in [3.63, 3.8) is 0 Å². The fourth-order valence-corrected chi connectivity index (χ4v) is 6.02. The molecule has 0 saturated carbocycles. The van der Waals surface area contributed by atoms with Crippen LogP contribution in [0, 0.1) is 0 Å². The van der Waals surface area contributed by atoms with Crippen LogP contribution in [-0.2, 0) is 20.7 Å². The van der Waals surface area contributed by atoms with Crippen LogP contribution in [0.4, 0.5) is 5.69 Å². The molecule has 10 nitrogen and oxygen atoms in total. The van der Waals surface area contributed by atoms with Crippen LogP contribution in [0.2, 0.25) is 0 Å². The number of aromatic amines is 1. The van der Waals surface area contributed by atoms with E-state index in [1.807, 2.05) is 79.8 Å². The maximum absolute atomic E-state index is 13.8. The second-order valence-corrected chi connectivity index (χ2v) is 11.3. The van der Waals surface area contributed by atoms with E-state index in [2.05, 4.69) is 51.3 Å². The van der Waals surface area contributed by atoms with Gasteiger partial charge in [-0.3, -0.25) is 9.59 Å². The molecule has 0 spiro atoms. The summed E-state index contributed by atoms with van der Waals surface area (Å²) in [5, 5.41) is 17.0. The Hall–Kier alpha value is -5.03. The van der Waals surface area contributed by atoms with Crippen molar-refractivity contribution in [1.82, 2.24) is 20.6 Å². The summed E-state index contributed by atoms with van der Waals surface area (Å²) in [5.74, 6) is 1.45. The lowest BCUT2D eigenvalue weighted by atomic mass is 9.84. The van der Waals surface area contributed by atoms with Crippen LogP contribution in [0.3, 0.4) is 0 Å². The van der Waals surface area contributed by atoms with Crippen molar-refractivity contribution in [1.29, 1.82) is 0 Å². The second-order valence-electron chi connectivity index (χ2n) is 11.3.